The van der Waals surface area contributed by atoms with Crippen LogP contribution in [0.4, 0.5) is 5.69 Å². The third-order valence-corrected chi connectivity index (χ3v) is 2.90. The first-order valence-electron chi connectivity index (χ1n) is 5.68. The van der Waals surface area contributed by atoms with E-state index in [1.54, 1.807) is 18.2 Å². The van der Waals surface area contributed by atoms with Crippen molar-refractivity contribution in [2.75, 3.05) is 5.32 Å². The third kappa shape index (κ3) is 3.03. The summed E-state index contributed by atoms with van der Waals surface area (Å²) in [7, 11) is 0. The second kappa shape index (κ2) is 5.57. The van der Waals surface area contributed by atoms with Crippen molar-refractivity contribution in [1.29, 1.82) is 5.26 Å². The Morgan fingerprint density at radius 3 is 2.78 bits per heavy atom. The van der Waals surface area contributed by atoms with Crippen LogP contribution in [-0.4, -0.2) is 0 Å². The number of nitrogens with one attached hydrogen (secondary N) is 1. The minimum atomic E-state index is 0.604. The molecule has 18 heavy (non-hydrogen) atoms. The maximum Gasteiger partial charge on any atom is 0.101 e. The Labute approximate surface area is 112 Å². The Morgan fingerprint density at radius 1 is 1.22 bits per heavy atom. The molecule has 0 atom stereocenters. The number of hydrogen-bond donors (Lipinski definition) is 1. The molecule has 0 fully saturated rings. The van der Waals surface area contributed by atoms with Gasteiger partial charge in [-0.25, -0.2) is 0 Å². The van der Waals surface area contributed by atoms with Gasteiger partial charge in [-0.05, 0) is 30.7 Å². The van der Waals surface area contributed by atoms with Crippen LogP contribution in [0.15, 0.2) is 42.5 Å². The van der Waals surface area contributed by atoms with E-state index in [9.17, 15) is 0 Å². The Kier molecular flexibility index (Phi) is 3.86. The molecule has 0 radical (unpaired) electrons. The highest BCUT2D eigenvalue weighted by Crippen LogP contribution is 2.21. The van der Waals surface area contributed by atoms with Gasteiger partial charge < -0.3 is 5.32 Å². The van der Waals surface area contributed by atoms with Crippen molar-refractivity contribution in [2.45, 2.75) is 13.5 Å². The van der Waals surface area contributed by atoms with Crippen LogP contribution >= 0.6 is 11.6 Å². The minimum absolute atomic E-state index is 0.604. The number of anilines is 1. The van der Waals surface area contributed by atoms with Gasteiger partial charge in [0.2, 0.25) is 0 Å². The quantitative estimate of drug-likeness (QED) is 0.896. The summed E-state index contributed by atoms with van der Waals surface area (Å²) in [5, 5.41) is 12.9. The molecule has 2 rings (SSSR count). The van der Waals surface area contributed by atoms with Crippen molar-refractivity contribution in [2.24, 2.45) is 0 Å². The Morgan fingerprint density at radius 2 is 2.06 bits per heavy atom. The molecule has 0 spiro atoms. The van der Waals surface area contributed by atoms with E-state index in [-0.39, 0.29) is 0 Å². The molecular weight excluding hydrogens is 244 g/mol. The van der Waals surface area contributed by atoms with Crippen molar-refractivity contribution in [3.05, 3.63) is 64.2 Å². The molecule has 0 aliphatic carbocycles. The molecule has 90 valence electrons. The number of hydrogen-bond acceptors (Lipinski definition) is 2. The van der Waals surface area contributed by atoms with E-state index >= 15 is 0 Å². The van der Waals surface area contributed by atoms with Crippen LogP contribution in [0.1, 0.15) is 16.7 Å². The zero-order valence-corrected chi connectivity index (χ0v) is 10.8. The van der Waals surface area contributed by atoms with Crippen molar-refractivity contribution >= 4 is 17.3 Å². The van der Waals surface area contributed by atoms with E-state index in [4.69, 9.17) is 16.9 Å². The van der Waals surface area contributed by atoms with Crippen LogP contribution in [0.2, 0.25) is 5.02 Å². The summed E-state index contributed by atoms with van der Waals surface area (Å²) in [6.45, 7) is 2.74. The monoisotopic (exact) mass is 256 g/mol. The zero-order chi connectivity index (χ0) is 13.0. The van der Waals surface area contributed by atoms with E-state index in [1.807, 2.05) is 6.07 Å². The predicted octanol–water partition coefficient (Wildman–Crippen LogP) is 4.13. The molecule has 2 aromatic carbocycles. The Bertz CT molecular complexity index is 600. The number of rotatable bonds is 3. The Balaban J connectivity index is 2.15. The van der Waals surface area contributed by atoms with E-state index in [0.29, 0.717) is 17.1 Å². The van der Waals surface area contributed by atoms with Crippen LogP contribution in [0.5, 0.6) is 0 Å². The second-order valence-electron chi connectivity index (χ2n) is 4.14. The molecule has 2 nitrogen and oxygen atoms in total. The summed E-state index contributed by atoms with van der Waals surface area (Å²) in [6.07, 6.45) is 0. The van der Waals surface area contributed by atoms with Crippen molar-refractivity contribution < 1.29 is 0 Å². The SMILES string of the molecule is Cc1cccc(CNc2cc(Cl)ccc2C#N)c1. The molecule has 0 aliphatic heterocycles. The largest absolute Gasteiger partial charge is 0.380 e. The average molecular weight is 257 g/mol. The minimum Gasteiger partial charge on any atom is -0.380 e. The average Bonchev–Trinajstić information content (AvgIpc) is 2.37. The van der Waals surface area contributed by atoms with Gasteiger partial charge in [-0.1, -0.05) is 41.4 Å². The maximum atomic E-state index is 9.02. The maximum absolute atomic E-state index is 9.02. The topological polar surface area (TPSA) is 35.8 Å². The van der Waals surface area contributed by atoms with E-state index in [2.05, 4.69) is 36.5 Å². The summed E-state index contributed by atoms with van der Waals surface area (Å²) >= 11 is 5.93. The Hall–Kier alpha value is -1.98. The fraction of sp³-hybridized carbons (Fsp3) is 0.133. The van der Waals surface area contributed by atoms with Gasteiger partial charge in [0.15, 0.2) is 0 Å². The van der Waals surface area contributed by atoms with Crippen LogP contribution < -0.4 is 5.32 Å². The smallest absolute Gasteiger partial charge is 0.101 e. The number of aryl methyl sites for hydroxylation is 1. The molecule has 0 saturated heterocycles. The van der Waals surface area contributed by atoms with E-state index in [1.165, 1.54) is 11.1 Å². The first kappa shape index (κ1) is 12.5. The van der Waals surface area contributed by atoms with E-state index < -0.39 is 0 Å². The van der Waals surface area contributed by atoms with Gasteiger partial charge in [-0.2, -0.15) is 5.26 Å². The van der Waals surface area contributed by atoms with Gasteiger partial charge in [0.1, 0.15) is 6.07 Å². The van der Waals surface area contributed by atoms with E-state index in [0.717, 1.165) is 5.69 Å². The number of benzene rings is 2. The van der Waals surface area contributed by atoms with Crippen molar-refractivity contribution in [3.63, 3.8) is 0 Å². The lowest BCUT2D eigenvalue weighted by molar-refractivity contribution is 1.14. The van der Waals surface area contributed by atoms with Crippen LogP contribution in [0.3, 0.4) is 0 Å². The molecule has 0 saturated carbocycles. The summed E-state index contributed by atoms with van der Waals surface area (Å²) < 4.78 is 0. The normalized spacial score (nSPS) is 9.83. The number of nitriles is 1. The number of halogens is 1. The molecule has 1 N–H and O–H groups in total. The zero-order valence-electron chi connectivity index (χ0n) is 10.1. The highest BCUT2D eigenvalue weighted by molar-refractivity contribution is 6.30. The molecule has 2 aromatic rings. The van der Waals surface area contributed by atoms with Gasteiger partial charge in [-0.15, -0.1) is 0 Å². The van der Waals surface area contributed by atoms with Crippen molar-refractivity contribution in [1.82, 2.24) is 0 Å². The molecular formula is C15H13ClN2. The highest BCUT2D eigenvalue weighted by atomic mass is 35.5. The lowest BCUT2D eigenvalue weighted by Gasteiger charge is -2.09. The molecule has 0 aromatic heterocycles. The molecule has 0 bridgehead atoms. The summed E-state index contributed by atoms with van der Waals surface area (Å²) in [4.78, 5) is 0. The van der Waals surface area contributed by atoms with Crippen molar-refractivity contribution in [3.8, 4) is 6.07 Å². The van der Waals surface area contributed by atoms with Gasteiger partial charge in [0.05, 0.1) is 11.3 Å². The van der Waals surface area contributed by atoms with Gasteiger partial charge >= 0.3 is 0 Å². The van der Waals surface area contributed by atoms with Gasteiger partial charge in [-0.3, -0.25) is 0 Å². The first-order chi connectivity index (χ1) is 8.69. The fourth-order valence-corrected chi connectivity index (χ4v) is 1.95. The summed E-state index contributed by atoms with van der Waals surface area (Å²) in [6, 6.07) is 15.6. The molecule has 0 unspecified atom stereocenters. The van der Waals surface area contributed by atoms with Crippen LogP contribution in [-0.2, 0) is 6.54 Å². The van der Waals surface area contributed by atoms with Crippen LogP contribution in [0, 0.1) is 18.3 Å². The second-order valence-corrected chi connectivity index (χ2v) is 4.58. The van der Waals surface area contributed by atoms with Gasteiger partial charge in [0.25, 0.3) is 0 Å². The molecule has 0 aliphatic rings. The predicted molar refractivity (Wildman–Crippen MR) is 74.7 cm³/mol. The summed E-state index contributed by atoms with van der Waals surface area (Å²) in [5.74, 6) is 0. The molecule has 3 heteroatoms. The van der Waals surface area contributed by atoms with Gasteiger partial charge in [0, 0.05) is 11.6 Å². The number of nitrogens with zero attached hydrogens (tertiary/aromatic N) is 1. The first-order valence-corrected chi connectivity index (χ1v) is 6.06. The summed E-state index contributed by atoms with van der Waals surface area (Å²) in [5.41, 5.74) is 3.78. The lowest BCUT2D eigenvalue weighted by Crippen LogP contribution is -2.01. The highest BCUT2D eigenvalue weighted by Gasteiger charge is 2.02. The molecule has 0 heterocycles. The molecule has 0 amide bonds. The third-order valence-electron chi connectivity index (χ3n) is 2.67. The standard InChI is InChI=1S/C15H13ClN2/c1-11-3-2-4-12(7-11)10-18-15-8-14(16)6-5-13(15)9-17/h2-8,18H,10H2,1H3. The fourth-order valence-electron chi connectivity index (χ4n) is 1.78. The van der Waals surface area contributed by atoms with Crippen LogP contribution in [0.25, 0.3) is 0 Å². The lowest BCUT2D eigenvalue weighted by atomic mass is 10.1.